The van der Waals surface area contributed by atoms with Crippen LogP contribution in [0.3, 0.4) is 0 Å². The SMILES string of the molecule is CC(=O)c1cc(F)cc(C)c1O. The number of Topliss-reactive ketones (excluding diaryl/α,β-unsaturated/α-hetero) is 1. The van der Waals surface area contributed by atoms with Crippen molar-refractivity contribution in [2.75, 3.05) is 0 Å². The van der Waals surface area contributed by atoms with Crippen molar-refractivity contribution in [3.05, 3.63) is 29.1 Å². The minimum Gasteiger partial charge on any atom is -0.507 e. The number of carbonyl (C=O) groups is 1. The van der Waals surface area contributed by atoms with Crippen molar-refractivity contribution in [3.8, 4) is 5.75 Å². The molecule has 1 aromatic carbocycles. The highest BCUT2D eigenvalue weighted by Gasteiger charge is 2.10. The van der Waals surface area contributed by atoms with Crippen LogP contribution in [0.4, 0.5) is 4.39 Å². The molecule has 0 bridgehead atoms. The molecule has 0 atom stereocenters. The van der Waals surface area contributed by atoms with E-state index in [1.54, 1.807) is 6.92 Å². The van der Waals surface area contributed by atoms with E-state index in [-0.39, 0.29) is 17.1 Å². The summed E-state index contributed by atoms with van der Waals surface area (Å²) in [5.74, 6) is -0.977. The van der Waals surface area contributed by atoms with E-state index in [9.17, 15) is 14.3 Å². The van der Waals surface area contributed by atoms with Gasteiger partial charge in [-0.1, -0.05) is 0 Å². The van der Waals surface area contributed by atoms with Gasteiger partial charge in [-0.25, -0.2) is 4.39 Å². The van der Waals surface area contributed by atoms with Crippen LogP contribution in [0.25, 0.3) is 0 Å². The van der Waals surface area contributed by atoms with Gasteiger partial charge in [0.1, 0.15) is 11.6 Å². The van der Waals surface area contributed by atoms with Crippen LogP contribution in [-0.4, -0.2) is 10.9 Å². The Morgan fingerprint density at radius 3 is 2.58 bits per heavy atom. The highest BCUT2D eigenvalue weighted by molar-refractivity contribution is 5.97. The summed E-state index contributed by atoms with van der Waals surface area (Å²) in [6.07, 6.45) is 0. The molecule has 0 fully saturated rings. The Bertz CT molecular complexity index is 332. The quantitative estimate of drug-likeness (QED) is 0.651. The Hall–Kier alpha value is -1.38. The maximum absolute atomic E-state index is 12.7. The van der Waals surface area contributed by atoms with E-state index in [2.05, 4.69) is 0 Å². The predicted octanol–water partition coefficient (Wildman–Crippen LogP) is 2.04. The summed E-state index contributed by atoms with van der Waals surface area (Å²) in [5.41, 5.74) is 0.410. The second-order valence-corrected chi connectivity index (χ2v) is 2.68. The largest absolute Gasteiger partial charge is 0.507 e. The van der Waals surface area contributed by atoms with Gasteiger partial charge in [0.15, 0.2) is 5.78 Å². The summed E-state index contributed by atoms with van der Waals surface area (Å²) in [5, 5.41) is 9.30. The Morgan fingerprint density at radius 2 is 2.08 bits per heavy atom. The van der Waals surface area contributed by atoms with E-state index < -0.39 is 5.82 Å². The molecule has 3 heteroatoms. The molecule has 0 unspecified atom stereocenters. The number of hydrogen-bond donors (Lipinski definition) is 1. The Labute approximate surface area is 69.6 Å². The third kappa shape index (κ3) is 1.44. The summed E-state index contributed by atoms with van der Waals surface area (Å²) >= 11 is 0. The van der Waals surface area contributed by atoms with Crippen LogP contribution in [0.1, 0.15) is 22.8 Å². The molecule has 1 N–H and O–H groups in total. The lowest BCUT2D eigenvalue weighted by atomic mass is 10.1. The molecule has 0 aromatic heterocycles. The molecule has 0 radical (unpaired) electrons. The molecule has 64 valence electrons. The second-order valence-electron chi connectivity index (χ2n) is 2.68. The zero-order chi connectivity index (χ0) is 9.30. The van der Waals surface area contributed by atoms with Crippen molar-refractivity contribution in [1.29, 1.82) is 0 Å². The monoisotopic (exact) mass is 168 g/mol. The number of rotatable bonds is 1. The van der Waals surface area contributed by atoms with E-state index in [0.717, 1.165) is 6.07 Å². The van der Waals surface area contributed by atoms with Crippen LogP contribution in [0.15, 0.2) is 12.1 Å². The molecule has 0 saturated carbocycles. The molecular weight excluding hydrogens is 159 g/mol. The molecule has 1 aromatic rings. The van der Waals surface area contributed by atoms with Gasteiger partial charge in [-0.05, 0) is 31.5 Å². The minimum absolute atomic E-state index is 0.0347. The first-order valence-corrected chi connectivity index (χ1v) is 3.52. The maximum Gasteiger partial charge on any atom is 0.163 e. The number of phenolic OH excluding ortho intramolecular Hbond substituents is 1. The lowest BCUT2D eigenvalue weighted by molar-refractivity contribution is 0.101. The van der Waals surface area contributed by atoms with Crippen LogP contribution in [0.5, 0.6) is 5.75 Å². The van der Waals surface area contributed by atoms with E-state index >= 15 is 0 Å². The predicted molar refractivity (Wildman–Crippen MR) is 42.8 cm³/mol. The smallest absolute Gasteiger partial charge is 0.163 e. The number of halogens is 1. The number of carbonyl (C=O) groups excluding carboxylic acids is 1. The van der Waals surface area contributed by atoms with Crippen molar-refractivity contribution in [1.82, 2.24) is 0 Å². The summed E-state index contributed by atoms with van der Waals surface area (Å²) < 4.78 is 12.7. The zero-order valence-electron chi connectivity index (χ0n) is 6.89. The van der Waals surface area contributed by atoms with Gasteiger partial charge in [0, 0.05) is 0 Å². The minimum atomic E-state index is -0.504. The van der Waals surface area contributed by atoms with Gasteiger partial charge in [-0.15, -0.1) is 0 Å². The van der Waals surface area contributed by atoms with Gasteiger partial charge in [0.25, 0.3) is 0 Å². The molecule has 0 saturated heterocycles. The Morgan fingerprint density at radius 1 is 1.50 bits per heavy atom. The molecule has 2 nitrogen and oxygen atoms in total. The lowest BCUT2D eigenvalue weighted by Crippen LogP contribution is -1.95. The summed E-state index contributed by atoms with van der Waals surface area (Å²) in [6.45, 7) is 2.83. The van der Waals surface area contributed by atoms with Gasteiger partial charge in [0.2, 0.25) is 0 Å². The van der Waals surface area contributed by atoms with E-state index in [1.807, 2.05) is 0 Å². The molecule has 12 heavy (non-hydrogen) atoms. The van der Waals surface area contributed by atoms with E-state index in [0.29, 0.717) is 5.56 Å². The molecule has 0 amide bonds. The Balaban J connectivity index is 3.37. The standard InChI is InChI=1S/C9H9FO2/c1-5-3-7(10)4-8(6(2)11)9(5)12/h3-4,12H,1-2H3. The number of benzene rings is 1. The van der Waals surface area contributed by atoms with Gasteiger partial charge >= 0.3 is 0 Å². The summed E-state index contributed by atoms with van der Waals surface area (Å²) in [4.78, 5) is 10.8. The van der Waals surface area contributed by atoms with Crippen molar-refractivity contribution >= 4 is 5.78 Å². The molecule has 0 aliphatic heterocycles. The lowest BCUT2D eigenvalue weighted by Gasteiger charge is -2.03. The number of aryl methyl sites for hydroxylation is 1. The fourth-order valence-electron chi connectivity index (χ4n) is 1.00. The topological polar surface area (TPSA) is 37.3 Å². The third-order valence-corrected chi connectivity index (χ3v) is 1.64. The maximum atomic E-state index is 12.7. The van der Waals surface area contributed by atoms with Gasteiger partial charge in [0.05, 0.1) is 5.56 Å². The molecule has 0 spiro atoms. The first-order valence-electron chi connectivity index (χ1n) is 3.52. The molecule has 0 aliphatic carbocycles. The van der Waals surface area contributed by atoms with Crippen LogP contribution in [0.2, 0.25) is 0 Å². The zero-order valence-corrected chi connectivity index (χ0v) is 6.89. The number of phenols is 1. The third-order valence-electron chi connectivity index (χ3n) is 1.64. The van der Waals surface area contributed by atoms with Crippen molar-refractivity contribution in [2.45, 2.75) is 13.8 Å². The number of hydrogen-bond acceptors (Lipinski definition) is 2. The highest BCUT2D eigenvalue weighted by Crippen LogP contribution is 2.23. The fourth-order valence-corrected chi connectivity index (χ4v) is 1.00. The van der Waals surface area contributed by atoms with Crippen LogP contribution in [-0.2, 0) is 0 Å². The normalized spacial score (nSPS) is 9.92. The number of aromatic hydroxyl groups is 1. The molecule has 0 heterocycles. The molecule has 1 rings (SSSR count). The van der Waals surface area contributed by atoms with E-state index in [1.165, 1.54) is 13.0 Å². The van der Waals surface area contributed by atoms with Crippen LogP contribution < -0.4 is 0 Å². The van der Waals surface area contributed by atoms with Gasteiger partial charge in [-0.2, -0.15) is 0 Å². The van der Waals surface area contributed by atoms with Crippen LogP contribution >= 0.6 is 0 Å². The average molecular weight is 168 g/mol. The second kappa shape index (κ2) is 2.93. The molecule has 0 aliphatic rings. The van der Waals surface area contributed by atoms with Crippen molar-refractivity contribution in [2.24, 2.45) is 0 Å². The highest BCUT2D eigenvalue weighted by atomic mass is 19.1. The summed E-state index contributed by atoms with van der Waals surface area (Å²) in [6, 6.07) is 2.21. The first kappa shape index (κ1) is 8.71. The van der Waals surface area contributed by atoms with Gasteiger partial charge in [-0.3, -0.25) is 4.79 Å². The molecular formula is C9H9FO2. The van der Waals surface area contributed by atoms with E-state index in [4.69, 9.17) is 0 Å². The van der Waals surface area contributed by atoms with Gasteiger partial charge < -0.3 is 5.11 Å². The fraction of sp³-hybridized carbons (Fsp3) is 0.222. The van der Waals surface area contributed by atoms with Crippen molar-refractivity contribution < 1.29 is 14.3 Å². The number of ketones is 1. The Kier molecular flexibility index (Phi) is 2.13. The van der Waals surface area contributed by atoms with Crippen molar-refractivity contribution in [3.63, 3.8) is 0 Å². The average Bonchev–Trinajstić information content (AvgIpc) is 1.96. The first-order chi connectivity index (χ1) is 5.52. The van der Waals surface area contributed by atoms with Crippen LogP contribution in [0, 0.1) is 12.7 Å². The summed E-state index contributed by atoms with van der Waals surface area (Å²) in [7, 11) is 0.